The number of amides is 1. The summed E-state index contributed by atoms with van der Waals surface area (Å²) in [4.78, 5) is 15.0. The zero-order chi connectivity index (χ0) is 16.8. The molecule has 0 aromatic heterocycles. The summed E-state index contributed by atoms with van der Waals surface area (Å²) in [6.07, 6.45) is 4.72. The summed E-state index contributed by atoms with van der Waals surface area (Å²) in [5, 5.41) is 3.42. The summed E-state index contributed by atoms with van der Waals surface area (Å²) in [5.74, 6) is 1.23. The Morgan fingerprint density at radius 2 is 2.09 bits per heavy atom. The third-order valence-electron chi connectivity index (χ3n) is 4.74. The maximum absolute atomic E-state index is 12.4. The second-order valence-electron chi connectivity index (χ2n) is 6.64. The van der Waals surface area contributed by atoms with Gasteiger partial charge >= 0.3 is 0 Å². The molecule has 0 saturated carbocycles. The van der Waals surface area contributed by atoms with Crippen molar-refractivity contribution in [3.05, 3.63) is 29.8 Å². The van der Waals surface area contributed by atoms with Gasteiger partial charge in [0, 0.05) is 42.0 Å². The molecule has 0 spiro atoms. The van der Waals surface area contributed by atoms with Crippen LogP contribution in [0, 0.1) is 11.8 Å². The summed E-state index contributed by atoms with van der Waals surface area (Å²) in [6.45, 7) is 4.93. The molecule has 4 nitrogen and oxygen atoms in total. The highest BCUT2D eigenvalue weighted by atomic mass is 32.2. The lowest BCUT2D eigenvalue weighted by Gasteiger charge is -2.29. The molecule has 0 bridgehead atoms. The van der Waals surface area contributed by atoms with E-state index in [1.165, 1.54) is 12.8 Å². The van der Waals surface area contributed by atoms with Crippen LogP contribution in [-0.4, -0.2) is 41.4 Å². The van der Waals surface area contributed by atoms with E-state index in [-0.39, 0.29) is 5.91 Å². The Balaban J connectivity index is 1.85. The fourth-order valence-corrected chi connectivity index (χ4v) is 3.63. The van der Waals surface area contributed by atoms with Crippen LogP contribution in [0.5, 0.6) is 0 Å². The normalized spacial score (nSPS) is 20.7. The van der Waals surface area contributed by atoms with E-state index in [0.717, 1.165) is 23.5 Å². The van der Waals surface area contributed by atoms with Crippen LogP contribution >= 0.6 is 0 Å². The van der Waals surface area contributed by atoms with Crippen molar-refractivity contribution in [3.63, 3.8) is 0 Å². The first-order valence-corrected chi connectivity index (χ1v) is 9.90. The molecule has 1 heterocycles. The fraction of sp³-hybridized carbons (Fsp3) is 0.611. The summed E-state index contributed by atoms with van der Waals surface area (Å²) in [6, 6.07) is 7.66. The quantitative estimate of drug-likeness (QED) is 0.868. The molecule has 1 aliphatic heterocycles. The van der Waals surface area contributed by atoms with Crippen LogP contribution in [-0.2, 0) is 22.1 Å². The second kappa shape index (κ2) is 8.60. The van der Waals surface area contributed by atoms with Gasteiger partial charge in [0.15, 0.2) is 0 Å². The van der Waals surface area contributed by atoms with Crippen LogP contribution in [0.4, 0.5) is 0 Å². The highest BCUT2D eigenvalue weighted by Crippen LogP contribution is 2.23. The van der Waals surface area contributed by atoms with E-state index < -0.39 is 10.8 Å². The molecule has 1 fully saturated rings. The molecule has 1 amide bonds. The van der Waals surface area contributed by atoms with E-state index in [0.29, 0.717) is 24.8 Å². The SMILES string of the molecule is CC(CC(=O)N(C)Cc1ccc(S(C)=O)cc1)C1CCCNC1. The van der Waals surface area contributed by atoms with E-state index >= 15 is 0 Å². The van der Waals surface area contributed by atoms with Crippen molar-refractivity contribution in [2.24, 2.45) is 11.8 Å². The van der Waals surface area contributed by atoms with E-state index in [4.69, 9.17) is 0 Å². The first-order valence-electron chi connectivity index (χ1n) is 8.34. The number of carbonyl (C=O) groups excluding carboxylic acids is 1. The van der Waals surface area contributed by atoms with Gasteiger partial charge in [-0.3, -0.25) is 9.00 Å². The highest BCUT2D eigenvalue weighted by molar-refractivity contribution is 7.84. The van der Waals surface area contributed by atoms with Crippen LogP contribution in [0.1, 0.15) is 31.7 Å². The lowest BCUT2D eigenvalue weighted by atomic mass is 9.85. The van der Waals surface area contributed by atoms with Gasteiger partial charge in [0.05, 0.1) is 0 Å². The minimum absolute atomic E-state index is 0.200. The molecule has 1 N–H and O–H groups in total. The zero-order valence-corrected chi connectivity index (χ0v) is 15.2. The molecule has 5 heteroatoms. The van der Waals surface area contributed by atoms with E-state index in [1.54, 1.807) is 11.2 Å². The number of nitrogens with zero attached hydrogens (tertiary/aromatic N) is 1. The number of carbonyl (C=O) groups is 1. The largest absolute Gasteiger partial charge is 0.341 e. The van der Waals surface area contributed by atoms with Gasteiger partial charge in [-0.25, -0.2) is 0 Å². The monoisotopic (exact) mass is 336 g/mol. The molecule has 1 aromatic carbocycles. The summed E-state index contributed by atoms with van der Waals surface area (Å²) in [7, 11) is 0.905. The van der Waals surface area contributed by atoms with Gasteiger partial charge in [-0.1, -0.05) is 19.1 Å². The van der Waals surface area contributed by atoms with Crippen molar-refractivity contribution in [3.8, 4) is 0 Å². The van der Waals surface area contributed by atoms with Crippen molar-refractivity contribution in [2.45, 2.75) is 37.6 Å². The smallest absolute Gasteiger partial charge is 0.222 e. The van der Waals surface area contributed by atoms with E-state index in [1.807, 2.05) is 31.3 Å². The predicted octanol–water partition coefficient (Wildman–Crippen LogP) is 2.41. The molecule has 1 aliphatic rings. The Hall–Kier alpha value is -1.20. The lowest BCUT2D eigenvalue weighted by molar-refractivity contribution is -0.131. The third-order valence-corrected chi connectivity index (χ3v) is 5.67. The number of rotatable bonds is 6. The molecule has 0 radical (unpaired) electrons. The van der Waals surface area contributed by atoms with Crippen molar-refractivity contribution in [2.75, 3.05) is 26.4 Å². The zero-order valence-electron chi connectivity index (χ0n) is 14.4. The molecule has 128 valence electrons. The molecule has 23 heavy (non-hydrogen) atoms. The van der Waals surface area contributed by atoms with Gasteiger partial charge in [-0.2, -0.15) is 0 Å². The molecule has 3 unspecified atom stereocenters. The topological polar surface area (TPSA) is 49.4 Å². The van der Waals surface area contributed by atoms with E-state index in [2.05, 4.69) is 12.2 Å². The fourth-order valence-electron chi connectivity index (χ4n) is 3.11. The maximum Gasteiger partial charge on any atom is 0.222 e. The Morgan fingerprint density at radius 1 is 1.39 bits per heavy atom. The Morgan fingerprint density at radius 3 is 2.65 bits per heavy atom. The van der Waals surface area contributed by atoms with Crippen molar-refractivity contribution in [1.29, 1.82) is 0 Å². The van der Waals surface area contributed by atoms with Crippen LogP contribution in [0.3, 0.4) is 0 Å². The summed E-state index contributed by atoms with van der Waals surface area (Å²) in [5.41, 5.74) is 1.07. The maximum atomic E-state index is 12.4. The number of hydrogen-bond acceptors (Lipinski definition) is 3. The number of nitrogens with one attached hydrogen (secondary N) is 1. The summed E-state index contributed by atoms with van der Waals surface area (Å²) >= 11 is 0. The van der Waals surface area contributed by atoms with Gasteiger partial charge in [-0.15, -0.1) is 0 Å². The third kappa shape index (κ3) is 5.43. The minimum Gasteiger partial charge on any atom is -0.341 e. The number of piperidine rings is 1. The number of hydrogen-bond donors (Lipinski definition) is 1. The summed E-state index contributed by atoms with van der Waals surface area (Å²) < 4.78 is 11.4. The van der Waals surface area contributed by atoms with Crippen LogP contribution in [0.2, 0.25) is 0 Å². The average molecular weight is 337 g/mol. The molecule has 3 atom stereocenters. The molecular formula is C18H28N2O2S. The predicted molar refractivity (Wildman–Crippen MR) is 94.6 cm³/mol. The second-order valence-corrected chi connectivity index (χ2v) is 8.02. The van der Waals surface area contributed by atoms with Gasteiger partial charge in [0.25, 0.3) is 0 Å². The Labute approximate surface area is 142 Å². The van der Waals surface area contributed by atoms with Crippen molar-refractivity contribution in [1.82, 2.24) is 10.2 Å². The van der Waals surface area contributed by atoms with Gasteiger partial charge in [0.1, 0.15) is 0 Å². The van der Waals surface area contributed by atoms with Crippen LogP contribution < -0.4 is 5.32 Å². The van der Waals surface area contributed by atoms with Gasteiger partial charge in [0.2, 0.25) is 5.91 Å². The van der Waals surface area contributed by atoms with Gasteiger partial charge < -0.3 is 10.2 Å². The average Bonchev–Trinajstić information content (AvgIpc) is 2.56. The molecule has 0 aliphatic carbocycles. The van der Waals surface area contributed by atoms with Crippen LogP contribution in [0.25, 0.3) is 0 Å². The molecule has 1 aromatic rings. The Kier molecular flexibility index (Phi) is 6.78. The van der Waals surface area contributed by atoms with Gasteiger partial charge in [-0.05, 0) is 55.5 Å². The van der Waals surface area contributed by atoms with Crippen molar-refractivity contribution < 1.29 is 9.00 Å². The highest BCUT2D eigenvalue weighted by Gasteiger charge is 2.23. The molecular weight excluding hydrogens is 308 g/mol. The molecule has 2 rings (SSSR count). The number of benzene rings is 1. The minimum atomic E-state index is -0.956. The Bertz CT molecular complexity index is 538. The van der Waals surface area contributed by atoms with Crippen LogP contribution in [0.15, 0.2) is 29.2 Å². The van der Waals surface area contributed by atoms with Crippen molar-refractivity contribution >= 4 is 16.7 Å². The first kappa shape index (κ1) is 18.1. The first-order chi connectivity index (χ1) is 11.0. The van der Waals surface area contributed by atoms with E-state index in [9.17, 15) is 9.00 Å². The molecule has 1 saturated heterocycles. The standard InChI is InChI=1S/C18H28N2O2S/c1-14(16-5-4-10-19-12-16)11-18(21)20(2)13-15-6-8-17(9-7-15)23(3)22/h6-9,14,16,19H,4-5,10-13H2,1-3H3. The lowest BCUT2D eigenvalue weighted by Crippen LogP contribution is -2.36.